The normalized spacial score (nSPS) is 13.3. The first kappa shape index (κ1) is 22.2. The quantitative estimate of drug-likeness (QED) is 0.620. The van der Waals surface area contributed by atoms with Crippen molar-refractivity contribution in [1.29, 1.82) is 0 Å². The maximum Gasteiger partial charge on any atom is 0.258 e. The Morgan fingerprint density at radius 1 is 0.938 bits per heavy atom. The number of hydrogen-bond donors (Lipinski definition) is 1. The zero-order valence-electron chi connectivity index (χ0n) is 18.9. The number of rotatable bonds is 5. The molecule has 0 saturated carbocycles. The first-order valence-electron chi connectivity index (χ1n) is 10.7. The zero-order chi connectivity index (χ0) is 23.0. The molecule has 0 aliphatic carbocycles. The summed E-state index contributed by atoms with van der Waals surface area (Å²) in [6, 6.07) is 17.0. The second-order valence-electron chi connectivity index (χ2n) is 8.57. The van der Waals surface area contributed by atoms with E-state index in [1.54, 1.807) is 11.0 Å². The maximum atomic E-state index is 13.1. The number of hydrogen-bond acceptors (Lipinski definition) is 3. The molecule has 0 saturated heterocycles. The zero-order valence-corrected chi connectivity index (χ0v) is 19.7. The van der Waals surface area contributed by atoms with Crippen molar-refractivity contribution in [2.45, 2.75) is 45.6 Å². The Labute approximate surface area is 190 Å². The minimum absolute atomic E-state index is 0.0315. The molecule has 166 valence electrons. The van der Waals surface area contributed by atoms with Crippen molar-refractivity contribution in [1.82, 2.24) is 4.72 Å². The van der Waals surface area contributed by atoms with E-state index in [1.165, 1.54) is 0 Å². The van der Waals surface area contributed by atoms with Crippen LogP contribution in [-0.4, -0.2) is 20.9 Å². The van der Waals surface area contributed by atoms with Crippen LogP contribution in [0.25, 0.3) is 0 Å². The molecule has 3 aromatic rings. The van der Waals surface area contributed by atoms with Crippen LogP contribution in [-0.2, 0) is 23.0 Å². The second-order valence-corrected chi connectivity index (χ2v) is 10.3. The number of fused-ring (bicyclic) bond motifs is 1. The maximum absolute atomic E-state index is 13.1. The van der Waals surface area contributed by atoms with E-state index in [2.05, 4.69) is 4.72 Å². The first-order chi connectivity index (χ1) is 15.2. The average molecular weight is 449 g/mol. The molecule has 5 nitrogen and oxygen atoms in total. The molecule has 0 spiro atoms. The summed E-state index contributed by atoms with van der Waals surface area (Å²) >= 11 is 0. The summed E-state index contributed by atoms with van der Waals surface area (Å²) in [5.41, 5.74) is 7.21. The lowest BCUT2D eigenvalue weighted by Gasteiger charge is -2.19. The molecule has 1 heterocycles. The molecular formula is C26H28N2O3S. The predicted molar refractivity (Wildman–Crippen MR) is 128 cm³/mol. The monoisotopic (exact) mass is 448 g/mol. The third-order valence-corrected chi connectivity index (χ3v) is 7.65. The molecule has 4 rings (SSSR count). The van der Waals surface area contributed by atoms with Crippen LogP contribution in [0.2, 0.25) is 0 Å². The molecule has 32 heavy (non-hydrogen) atoms. The Kier molecular flexibility index (Phi) is 5.93. The first-order valence-corrected chi connectivity index (χ1v) is 12.2. The lowest BCUT2D eigenvalue weighted by Crippen LogP contribution is -2.29. The fourth-order valence-corrected chi connectivity index (χ4v) is 5.49. The van der Waals surface area contributed by atoms with E-state index in [0.29, 0.717) is 17.0 Å². The Hall–Kier alpha value is -2.96. The van der Waals surface area contributed by atoms with Crippen molar-refractivity contribution in [3.05, 3.63) is 93.5 Å². The molecule has 1 aliphatic rings. The van der Waals surface area contributed by atoms with Crippen LogP contribution in [0.15, 0.2) is 59.5 Å². The molecular weight excluding hydrogens is 420 g/mol. The standard InChI is InChI=1S/C26H28N2O3S/c1-17-6-5-7-23(12-17)26(29)28-11-10-22-9-8-21(15-24(22)28)16-27-32(30,31)25-14-19(3)18(2)13-20(25)4/h5-9,12-15,27H,10-11,16H2,1-4H3. The second kappa shape index (κ2) is 8.52. The fourth-order valence-electron chi connectivity index (χ4n) is 4.16. The van der Waals surface area contributed by atoms with Crippen molar-refractivity contribution in [2.24, 2.45) is 0 Å². The molecule has 0 bridgehead atoms. The highest BCUT2D eigenvalue weighted by atomic mass is 32.2. The summed E-state index contributed by atoms with van der Waals surface area (Å²) < 4.78 is 28.6. The van der Waals surface area contributed by atoms with Gasteiger partial charge in [-0.15, -0.1) is 0 Å². The molecule has 6 heteroatoms. The number of amides is 1. The number of nitrogens with zero attached hydrogens (tertiary/aromatic N) is 1. The van der Waals surface area contributed by atoms with Gasteiger partial charge in [-0.2, -0.15) is 0 Å². The van der Waals surface area contributed by atoms with E-state index in [0.717, 1.165) is 45.5 Å². The summed E-state index contributed by atoms with van der Waals surface area (Å²) in [4.78, 5) is 15.2. The molecule has 0 unspecified atom stereocenters. The fraction of sp³-hybridized carbons (Fsp3) is 0.269. The van der Waals surface area contributed by atoms with Gasteiger partial charge < -0.3 is 4.90 Å². The summed E-state index contributed by atoms with van der Waals surface area (Å²) in [5, 5.41) is 0. The molecule has 1 aliphatic heterocycles. The van der Waals surface area contributed by atoms with E-state index in [9.17, 15) is 13.2 Å². The van der Waals surface area contributed by atoms with E-state index in [-0.39, 0.29) is 12.5 Å². The lowest BCUT2D eigenvalue weighted by atomic mass is 10.1. The van der Waals surface area contributed by atoms with Gasteiger partial charge in [-0.05, 0) is 86.2 Å². The highest BCUT2D eigenvalue weighted by Gasteiger charge is 2.26. The van der Waals surface area contributed by atoms with Crippen LogP contribution in [0.1, 0.15) is 43.7 Å². The van der Waals surface area contributed by atoms with E-state index in [1.807, 2.05) is 76.2 Å². The van der Waals surface area contributed by atoms with Gasteiger partial charge in [0.25, 0.3) is 5.91 Å². The van der Waals surface area contributed by atoms with Crippen LogP contribution >= 0.6 is 0 Å². The SMILES string of the molecule is Cc1cccc(C(=O)N2CCc3ccc(CNS(=O)(=O)c4cc(C)c(C)cc4C)cc32)c1. The topological polar surface area (TPSA) is 66.5 Å². The van der Waals surface area contributed by atoms with Gasteiger partial charge in [0.05, 0.1) is 4.90 Å². The molecule has 3 aromatic carbocycles. The van der Waals surface area contributed by atoms with Gasteiger partial charge in [0.1, 0.15) is 0 Å². The van der Waals surface area contributed by atoms with Gasteiger partial charge >= 0.3 is 0 Å². The van der Waals surface area contributed by atoms with Crippen LogP contribution in [0.5, 0.6) is 0 Å². The third-order valence-electron chi connectivity index (χ3n) is 6.10. The largest absolute Gasteiger partial charge is 0.308 e. The highest BCUT2D eigenvalue weighted by molar-refractivity contribution is 7.89. The molecule has 0 radical (unpaired) electrons. The number of carbonyl (C=O) groups excluding carboxylic acids is 1. The van der Waals surface area contributed by atoms with Crippen LogP contribution in [0.4, 0.5) is 5.69 Å². The van der Waals surface area contributed by atoms with Gasteiger partial charge in [0.2, 0.25) is 10.0 Å². The van der Waals surface area contributed by atoms with Gasteiger partial charge in [-0.25, -0.2) is 13.1 Å². The molecule has 1 amide bonds. The number of aryl methyl sites for hydroxylation is 4. The Balaban J connectivity index is 1.55. The minimum atomic E-state index is -3.65. The number of carbonyl (C=O) groups is 1. The molecule has 1 N–H and O–H groups in total. The lowest BCUT2D eigenvalue weighted by molar-refractivity contribution is 0.0989. The van der Waals surface area contributed by atoms with Crippen LogP contribution in [0.3, 0.4) is 0 Å². The average Bonchev–Trinajstić information content (AvgIpc) is 3.17. The van der Waals surface area contributed by atoms with E-state index in [4.69, 9.17) is 0 Å². The van der Waals surface area contributed by atoms with E-state index < -0.39 is 10.0 Å². The summed E-state index contributed by atoms with van der Waals surface area (Å²) in [6.45, 7) is 8.45. The van der Waals surface area contributed by atoms with Gasteiger partial charge in [-0.3, -0.25) is 4.79 Å². The number of benzene rings is 3. The Bertz CT molecular complexity index is 1310. The van der Waals surface area contributed by atoms with Crippen molar-refractivity contribution < 1.29 is 13.2 Å². The summed E-state index contributed by atoms with van der Waals surface area (Å²) in [7, 11) is -3.65. The van der Waals surface area contributed by atoms with Gasteiger partial charge in [0, 0.05) is 24.3 Å². The van der Waals surface area contributed by atoms with Crippen LogP contribution < -0.4 is 9.62 Å². The highest BCUT2D eigenvalue weighted by Crippen LogP contribution is 2.31. The molecule has 0 fully saturated rings. The number of sulfonamides is 1. The number of nitrogens with one attached hydrogen (secondary N) is 1. The molecule has 0 aromatic heterocycles. The van der Waals surface area contributed by atoms with Gasteiger partial charge in [0.15, 0.2) is 0 Å². The van der Waals surface area contributed by atoms with Crippen molar-refractivity contribution in [3.8, 4) is 0 Å². The van der Waals surface area contributed by atoms with Gasteiger partial charge in [-0.1, -0.05) is 35.9 Å². The summed E-state index contributed by atoms with van der Waals surface area (Å²) in [6.07, 6.45) is 0.792. The smallest absolute Gasteiger partial charge is 0.258 e. The molecule has 0 atom stereocenters. The van der Waals surface area contributed by atoms with Crippen molar-refractivity contribution in [3.63, 3.8) is 0 Å². The van der Waals surface area contributed by atoms with Crippen molar-refractivity contribution >= 4 is 21.6 Å². The Morgan fingerprint density at radius 3 is 2.44 bits per heavy atom. The van der Waals surface area contributed by atoms with Crippen LogP contribution in [0, 0.1) is 27.7 Å². The minimum Gasteiger partial charge on any atom is -0.308 e. The van der Waals surface area contributed by atoms with Crippen molar-refractivity contribution in [2.75, 3.05) is 11.4 Å². The predicted octanol–water partition coefficient (Wildman–Crippen LogP) is 4.60. The Morgan fingerprint density at radius 2 is 1.69 bits per heavy atom. The number of anilines is 1. The van der Waals surface area contributed by atoms with E-state index >= 15 is 0 Å². The third kappa shape index (κ3) is 4.33. The summed E-state index contributed by atoms with van der Waals surface area (Å²) in [5.74, 6) is -0.0315.